The smallest absolute Gasteiger partial charge is 0.399 e. The molecule has 0 aliphatic carbocycles. The molecular weight excluding hydrogens is 481 g/mol. The number of nitrogens with two attached hydrogens (primary N) is 2. The molecule has 4 aromatic rings. The highest BCUT2D eigenvalue weighted by Gasteiger charge is 2.35. The van der Waals surface area contributed by atoms with E-state index in [1.807, 2.05) is 19.1 Å². The number of amides is 2. The second kappa shape index (κ2) is 10.1. The first kappa shape index (κ1) is 25.3. The van der Waals surface area contributed by atoms with Crippen LogP contribution in [0.15, 0.2) is 84.9 Å². The first-order chi connectivity index (χ1) is 17.5. The van der Waals surface area contributed by atoms with Crippen LogP contribution in [0, 0.1) is 6.92 Å². The van der Waals surface area contributed by atoms with Crippen LogP contribution in [0.3, 0.4) is 0 Å². The highest BCUT2D eigenvalue weighted by molar-refractivity contribution is 6.06. The van der Waals surface area contributed by atoms with E-state index in [0.29, 0.717) is 22.6 Å². The van der Waals surface area contributed by atoms with Crippen molar-refractivity contribution in [3.05, 3.63) is 107 Å². The normalized spacial score (nSPS) is 11.1. The van der Waals surface area contributed by atoms with Crippen molar-refractivity contribution in [1.82, 2.24) is 0 Å². The summed E-state index contributed by atoms with van der Waals surface area (Å²) in [7, 11) is 0. The van der Waals surface area contributed by atoms with Gasteiger partial charge in [0.1, 0.15) is 0 Å². The number of carbonyl (C=O) groups excluding carboxylic acids is 2. The number of alkyl halides is 3. The summed E-state index contributed by atoms with van der Waals surface area (Å²) in [6.07, 6.45) is -4.72. The van der Waals surface area contributed by atoms with Crippen LogP contribution in [0.25, 0.3) is 11.1 Å². The fourth-order valence-electron chi connectivity index (χ4n) is 3.82. The summed E-state index contributed by atoms with van der Waals surface area (Å²) in [5.41, 5.74) is 14.0. The van der Waals surface area contributed by atoms with Crippen molar-refractivity contribution in [3.8, 4) is 11.1 Å². The average molecular weight is 505 g/mol. The van der Waals surface area contributed by atoms with Gasteiger partial charge >= 0.3 is 6.18 Å². The second-order valence-corrected chi connectivity index (χ2v) is 8.44. The number of nitrogens with one attached hydrogen (secondary N) is 2. The van der Waals surface area contributed by atoms with Crippen molar-refractivity contribution in [2.45, 2.75) is 13.1 Å². The summed E-state index contributed by atoms with van der Waals surface area (Å²) >= 11 is 0. The number of aryl methyl sites for hydroxylation is 1. The minimum Gasteiger partial charge on any atom is -0.399 e. The quantitative estimate of drug-likeness (QED) is 0.237. The topological polar surface area (TPSA) is 110 Å². The Hall–Kier alpha value is -4.79. The summed E-state index contributed by atoms with van der Waals surface area (Å²) in [6, 6.07) is 21.9. The summed E-state index contributed by atoms with van der Waals surface area (Å²) in [5.74, 6) is -1.14. The number of hydrogen-bond acceptors (Lipinski definition) is 4. The highest BCUT2D eigenvalue weighted by Crippen LogP contribution is 2.34. The molecule has 0 radical (unpaired) electrons. The first-order valence-corrected chi connectivity index (χ1v) is 11.2. The minimum absolute atomic E-state index is 0.0841. The van der Waals surface area contributed by atoms with Gasteiger partial charge in [-0.2, -0.15) is 13.2 Å². The van der Waals surface area contributed by atoms with Gasteiger partial charge < -0.3 is 22.1 Å². The van der Waals surface area contributed by atoms with Crippen molar-refractivity contribution in [2.75, 3.05) is 22.1 Å². The Morgan fingerprint density at radius 2 is 1.08 bits per heavy atom. The van der Waals surface area contributed by atoms with Gasteiger partial charge in [0.2, 0.25) is 0 Å². The number of hydrogen-bond donors (Lipinski definition) is 4. The minimum atomic E-state index is -4.72. The zero-order valence-corrected chi connectivity index (χ0v) is 19.7. The Bertz CT molecular complexity index is 1460. The van der Waals surface area contributed by atoms with Gasteiger partial charge in [0, 0.05) is 28.3 Å². The number of carbonyl (C=O) groups is 2. The molecule has 0 atom stereocenters. The maximum Gasteiger partial charge on any atom is 0.417 e. The molecular formula is C28H23F3N4O2. The van der Waals surface area contributed by atoms with E-state index in [1.54, 1.807) is 54.6 Å². The summed E-state index contributed by atoms with van der Waals surface area (Å²) < 4.78 is 40.0. The van der Waals surface area contributed by atoms with Crippen LogP contribution in [0.2, 0.25) is 0 Å². The van der Waals surface area contributed by atoms with Crippen LogP contribution in [0.1, 0.15) is 31.8 Å². The van der Waals surface area contributed by atoms with Crippen LogP contribution < -0.4 is 22.1 Å². The monoisotopic (exact) mass is 504 g/mol. The molecule has 0 heterocycles. The van der Waals surface area contributed by atoms with Gasteiger partial charge in [-0.1, -0.05) is 24.3 Å². The van der Waals surface area contributed by atoms with E-state index < -0.39 is 23.2 Å². The van der Waals surface area contributed by atoms with Crippen molar-refractivity contribution >= 4 is 34.6 Å². The SMILES string of the molecule is Cc1cc(N)ccc1C(=O)Nc1ccc(-c2ccc(NC(=O)c3ccc(N)cc3C(F)(F)F)cc2)cc1. The number of nitrogen functional groups attached to an aromatic ring is 2. The van der Waals surface area contributed by atoms with Gasteiger partial charge in [-0.3, -0.25) is 9.59 Å². The molecule has 6 nitrogen and oxygen atoms in total. The van der Waals surface area contributed by atoms with Crippen LogP contribution >= 0.6 is 0 Å². The third-order valence-electron chi connectivity index (χ3n) is 5.71. The largest absolute Gasteiger partial charge is 0.417 e. The van der Waals surface area contributed by atoms with Gasteiger partial charge in [-0.05, 0) is 84.3 Å². The predicted molar refractivity (Wildman–Crippen MR) is 139 cm³/mol. The fraction of sp³-hybridized carbons (Fsp3) is 0.0714. The third-order valence-corrected chi connectivity index (χ3v) is 5.71. The Kier molecular flexibility index (Phi) is 6.88. The molecule has 0 fully saturated rings. The van der Waals surface area contributed by atoms with Crippen molar-refractivity contribution in [1.29, 1.82) is 0 Å². The van der Waals surface area contributed by atoms with Gasteiger partial charge in [0.15, 0.2) is 0 Å². The van der Waals surface area contributed by atoms with E-state index in [1.165, 1.54) is 6.07 Å². The Labute approximate surface area is 211 Å². The van der Waals surface area contributed by atoms with Crippen molar-refractivity contribution in [3.63, 3.8) is 0 Å². The Morgan fingerprint density at radius 1 is 0.649 bits per heavy atom. The molecule has 0 spiro atoms. The summed E-state index contributed by atoms with van der Waals surface area (Å²) in [4.78, 5) is 25.1. The van der Waals surface area contributed by atoms with E-state index >= 15 is 0 Å². The zero-order valence-electron chi connectivity index (χ0n) is 19.7. The molecule has 0 unspecified atom stereocenters. The molecule has 0 aromatic heterocycles. The third kappa shape index (κ3) is 5.90. The summed E-state index contributed by atoms with van der Waals surface area (Å²) in [6.45, 7) is 1.81. The molecule has 37 heavy (non-hydrogen) atoms. The Balaban J connectivity index is 1.44. The van der Waals surface area contributed by atoms with Crippen LogP contribution in [0.4, 0.5) is 35.9 Å². The van der Waals surface area contributed by atoms with E-state index in [4.69, 9.17) is 11.5 Å². The lowest BCUT2D eigenvalue weighted by Crippen LogP contribution is -2.19. The van der Waals surface area contributed by atoms with E-state index in [-0.39, 0.29) is 11.6 Å². The average Bonchev–Trinajstić information content (AvgIpc) is 2.84. The Morgan fingerprint density at radius 3 is 1.54 bits per heavy atom. The fourth-order valence-corrected chi connectivity index (χ4v) is 3.82. The molecule has 0 bridgehead atoms. The number of benzene rings is 4. The molecule has 0 aliphatic heterocycles. The predicted octanol–water partition coefficient (Wildman–Crippen LogP) is 6.35. The van der Waals surface area contributed by atoms with Gasteiger partial charge in [0.25, 0.3) is 11.8 Å². The standard InChI is InChI=1S/C28H23F3N4O2/c1-16-14-19(32)6-12-23(16)26(36)34-21-8-2-17(3-9-21)18-4-10-22(11-5-18)35-27(37)24-13-7-20(33)15-25(24)28(29,30)31/h2-15H,32-33H2,1H3,(H,34,36)(H,35,37). The lowest BCUT2D eigenvalue weighted by Gasteiger charge is -2.14. The van der Waals surface area contributed by atoms with E-state index in [9.17, 15) is 22.8 Å². The first-order valence-electron chi connectivity index (χ1n) is 11.2. The number of anilines is 4. The van der Waals surface area contributed by atoms with Crippen LogP contribution in [0.5, 0.6) is 0 Å². The van der Waals surface area contributed by atoms with Crippen LogP contribution in [-0.4, -0.2) is 11.8 Å². The van der Waals surface area contributed by atoms with Crippen molar-refractivity contribution < 1.29 is 22.8 Å². The maximum absolute atomic E-state index is 13.3. The molecule has 0 aliphatic rings. The van der Waals surface area contributed by atoms with Crippen LogP contribution in [-0.2, 0) is 6.18 Å². The lowest BCUT2D eigenvalue weighted by molar-refractivity contribution is -0.137. The maximum atomic E-state index is 13.3. The number of rotatable bonds is 5. The van der Waals surface area contributed by atoms with Gasteiger partial charge in [-0.15, -0.1) is 0 Å². The number of halogens is 3. The van der Waals surface area contributed by atoms with E-state index in [2.05, 4.69) is 10.6 Å². The second-order valence-electron chi connectivity index (χ2n) is 8.44. The van der Waals surface area contributed by atoms with E-state index in [0.717, 1.165) is 28.8 Å². The molecule has 0 saturated carbocycles. The molecule has 0 saturated heterocycles. The highest BCUT2D eigenvalue weighted by atomic mass is 19.4. The van der Waals surface area contributed by atoms with Gasteiger partial charge in [-0.25, -0.2) is 0 Å². The lowest BCUT2D eigenvalue weighted by atomic mass is 10.0. The van der Waals surface area contributed by atoms with Gasteiger partial charge in [0.05, 0.1) is 11.1 Å². The molecule has 4 aromatic carbocycles. The molecule has 188 valence electrons. The molecule has 9 heteroatoms. The molecule has 4 rings (SSSR count). The molecule has 6 N–H and O–H groups in total. The molecule has 2 amide bonds. The zero-order chi connectivity index (χ0) is 26.7. The van der Waals surface area contributed by atoms with Crippen molar-refractivity contribution in [2.24, 2.45) is 0 Å². The summed E-state index contributed by atoms with van der Waals surface area (Å²) in [5, 5.41) is 5.33.